The van der Waals surface area contributed by atoms with Crippen molar-refractivity contribution in [3.05, 3.63) is 59.9 Å². The second-order valence-electron chi connectivity index (χ2n) is 7.43. The van der Waals surface area contributed by atoms with E-state index in [4.69, 9.17) is 4.84 Å². The maximum absolute atomic E-state index is 12.5. The molecule has 1 unspecified atom stereocenters. The van der Waals surface area contributed by atoms with E-state index in [9.17, 15) is 4.79 Å². The Bertz CT molecular complexity index is 750. The van der Waals surface area contributed by atoms with Gasteiger partial charge in [0.25, 0.3) is 5.91 Å². The molecule has 1 heterocycles. The van der Waals surface area contributed by atoms with Crippen molar-refractivity contribution in [3.8, 4) is 0 Å². The molecule has 5 nitrogen and oxygen atoms in total. The molecule has 0 radical (unpaired) electrons. The summed E-state index contributed by atoms with van der Waals surface area (Å²) < 4.78 is 0. The SMILES string of the molecule is O=C(NOCC1C[C@@H]2CC[C@H]1C2)c1ccccc1NCc1ccncc1. The molecular formula is C21H25N3O2. The van der Waals surface area contributed by atoms with Gasteiger partial charge in [0.1, 0.15) is 0 Å². The number of carbonyl (C=O) groups excluding carboxylic acids is 1. The lowest BCUT2D eigenvalue weighted by Crippen LogP contribution is -2.28. The van der Waals surface area contributed by atoms with E-state index in [0.717, 1.165) is 23.1 Å². The molecule has 5 heteroatoms. The third-order valence-corrected chi connectivity index (χ3v) is 5.75. The summed E-state index contributed by atoms with van der Waals surface area (Å²) in [6.07, 6.45) is 8.84. The standard InChI is InChI=1S/C21H25N3O2/c25-21(24-26-14-18-12-16-5-6-17(18)11-16)19-3-1-2-4-20(19)23-13-15-7-9-22-10-8-15/h1-4,7-10,16-18,23H,5-6,11-14H2,(H,24,25)/t16-,17+,18?/m1/s1. The van der Waals surface area contributed by atoms with E-state index in [1.165, 1.54) is 25.7 Å². The van der Waals surface area contributed by atoms with Gasteiger partial charge in [0, 0.05) is 24.6 Å². The van der Waals surface area contributed by atoms with Gasteiger partial charge in [-0.1, -0.05) is 18.6 Å². The number of nitrogens with one attached hydrogen (secondary N) is 2. The van der Waals surface area contributed by atoms with Gasteiger partial charge in [0.05, 0.1) is 12.2 Å². The molecule has 1 aromatic heterocycles. The lowest BCUT2D eigenvalue weighted by molar-refractivity contribution is 0.00748. The summed E-state index contributed by atoms with van der Waals surface area (Å²) in [6.45, 7) is 1.26. The number of hydrogen-bond donors (Lipinski definition) is 2. The molecule has 0 aliphatic heterocycles. The van der Waals surface area contributed by atoms with Crippen LogP contribution in [0, 0.1) is 17.8 Å². The van der Waals surface area contributed by atoms with Crippen LogP contribution in [-0.2, 0) is 11.4 Å². The average molecular weight is 351 g/mol. The summed E-state index contributed by atoms with van der Waals surface area (Å²) in [5.74, 6) is 2.09. The van der Waals surface area contributed by atoms with E-state index in [1.807, 2.05) is 36.4 Å². The summed E-state index contributed by atoms with van der Waals surface area (Å²) in [7, 11) is 0. The Balaban J connectivity index is 1.31. The third kappa shape index (κ3) is 3.88. The lowest BCUT2D eigenvalue weighted by atomic mass is 9.90. The summed E-state index contributed by atoms with van der Waals surface area (Å²) >= 11 is 0. The Kier molecular flexibility index (Phi) is 5.16. The van der Waals surface area contributed by atoms with E-state index in [2.05, 4.69) is 15.8 Å². The number of para-hydroxylation sites is 1. The average Bonchev–Trinajstić information content (AvgIpc) is 3.30. The molecule has 2 fully saturated rings. The highest BCUT2D eigenvalue weighted by molar-refractivity contribution is 5.98. The fourth-order valence-corrected chi connectivity index (χ4v) is 4.38. The number of hydroxylamine groups is 1. The van der Waals surface area contributed by atoms with Crippen LogP contribution in [0.15, 0.2) is 48.8 Å². The molecule has 2 aliphatic rings. The first-order chi connectivity index (χ1) is 12.8. The number of pyridine rings is 1. The predicted octanol–water partition coefficient (Wildman–Crippen LogP) is 3.79. The molecular weight excluding hydrogens is 326 g/mol. The quantitative estimate of drug-likeness (QED) is 0.745. The third-order valence-electron chi connectivity index (χ3n) is 5.75. The monoisotopic (exact) mass is 351 g/mol. The molecule has 2 bridgehead atoms. The molecule has 4 rings (SSSR count). The maximum Gasteiger partial charge on any atom is 0.276 e. The minimum atomic E-state index is -0.203. The van der Waals surface area contributed by atoms with Crippen LogP contribution in [0.5, 0.6) is 0 Å². The van der Waals surface area contributed by atoms with Crippen molar-refractivity contribution in [3.63, 3.8) is 0 Å². The number of amides is 1. The zero-order valence-electron chi connectivity index (χ0n) is 14.9. The predicted molar refractivity (Wildman–Crippen MR) is 100 cm³/mol. The van der Waals surface area contributed by atoms with E-state index in [1.54, 1.807) is 12.4 Å². The minimum absolute atomic E-state index is 0.203. The van der Waals surface area contributed by atoms with Gasteiger partial charge < -0.3 is 5.32 Å². The van der Waals surface area contributed by atoms with Crippen molar-refractivity contribution in [2.24, 2.45) is 17.8 Å². The summed E-state index contributed by atoms with van der Waals surface area (Å²) in [5, 5.41) is 3.32. The number of benzene rings is 1. The van der Waals surface area contributed by atoms with Gasteiger partial charge in [-0.15, -0.1) is 0 Å². The van der Waals surface area contributed by atoms with Gasteiger partial charge in [-0.25, -0.2) is 5.48 Å². The molecule has 1 amide bonds. The van der Waals surface area contributed by atoms with Gasteiger partial charge in [-0.2, -0.15) is 0 Å². The second-order valence-corrected chi connectivity index (χ2v) is 7.43. The van der Waals surface area contributed by atoms with Crippen LogP contribution >= 0.6 is 0 Å². The second kappa shape index (κ2) is 7.87. The fourth-order valence-electron chi connectivity index (χ4n) is 4.38. The first kappa shape index (κ1) is 17.0. The van der Waals surface area contributed by atoms with Crippen molar-refractivity contribution in [2.75, 3.05) is 11.9 Å². The molecule has 2 N–H and O–H groups in total. The Morgan fingerprint density at radius 1 is 1.12 bits per heavy atom. The minimum Gasteiger partial charge on any atom is -0.380 e. The molecule has 1 aromatic carbocycles. The Morgan fingerprint density at radius 2 is 1.96 bits per heavy atom. The van der Waals surface area contributed by atoms with Gasteiger partial charge in [0.2, 0.25) is 0 Å². The summed E-state index contributed by atoms with van der Waals surface area (Å²) in [5.41, 5.74) is 5.14. The molecule has 2 aliphatic carbocycles. The summed E-state index contributed by atoms with van der Waals surface area (Å²) in [6, 6.07) is 11.4. The normalized spacial score (nSPS) is 23.8. The van der Waals surface area contributed by atoms with Crippen LogP contribution in [0.2, 0.25) is 0 Å². The number of carbonyl (C=O) groups is 1. The number of hydrogen-bond acceptors (Lipinski definition) is 4. The van der Waals surface area contributed by atoms with Crippen molar-refractivity contribution in [1.29, 1.82) is 0 Å². The van der Waals surface area contributed by atoms with E-state index < -0.39 is 0 Å². The van der Waals surface area contributed by atoms with Crippen molar-refractivity contribution in [2.45, 2.75) is 32.2 Å². The zero-order valence-corrected chi connectivity index (χ0v) is 14.9. The Labute approximate surface area is 154 Å². The number of rotatable bonds is 7. The Morgan fingerprint density at radius 3 is 2.73 bits per heavy atom. The zero-order chi connectivity index (χ0) is 17.8. The van der Waals surface area contributed by atoms with Crippen LogP contribution in [0.3, 0.4) is 0 Å². The molecule has 26 heavy (non-hydrogen) atoms. The first-order valence-corrected chi connectivity index (χ1v) is 9.43. The largest absolute Gasteiger partial charge is 0.380 e. The highest BCUT2D eigenvalue weighted by Gasteiger charge is 2.39. The topological polar surface area (TPSA) is 63.2 Å². The highest BCUT2D eigenvalue weighted by atomic mass is 16.7. The van der Waals surface area contributed by atoms with Crippen LogP contribution in [0.4, 0.5) is 5.69 Å². The highest BCUT2D eigenvalue weighted by Crippen LogP contribution is 2.48. The van der Waals surface area contributed by atoms with Crippen LogP contribution in [-0.4, -0.2) is 17.5 Å². The van der Waals surface area contributed by atoms with E-state index in [0.29, 0.717) is 24.6 Å². The van der Waals surface area contributed by atoms with Gasteiger partial charge >= 0.3 is 0 Å². The molecule has 0 spiro atoms. The summed E-state index contributed by atoms with van der Waals surface area (Å²) in [4.78, 5) is 22.1. The number of fused-ring (bicyclic) bond motifs is 2. The maximum atomic E-state index is 12.5. The molecule has 2 saturated carbocycles. The molecule has 2 aromatic rings. The van der Waals surface area contributed by atoms with E-state index in [-0.39, 0.29) is 5.91 Å². The lowest BCUT2D eigenvalue weighted by Gasteiger charge is -2.21. The number of aromatic nitrogens is 1. The van der Waals surface area contributed by atoms with Gasteiger partial charge in [0.15, 0.2) is 0 Å². The van der Waals surface area contributed by atoms with Crippen LogP contribution in [0.25, 0.3) is 0 Å². The smallest absolute Gasteiger partial charge is 0.276 e. The van der Waals surface area contributed by atoms with Crippen LogP contribution < -0.4 is 10.8 Å². The number of nitrogens with zero attached hydrogens (tertiary/aromatic N) is 1. The van der Waals surface area contributed by atoms with Gasteiger partial charge in [-0.3, -0.25) is 14.6 Å². The van der Waals surface area contributed by atoms with Crippen molar-refractivity contribution in [1.82, 2.24) is 10.5 Å². The molecule has 0 saturated heterocycles. The fraction of sp³-hybridized carbons (Fsp3) is 0.429. The molecule has 3 atom stereocenters. The molecule has 136 valence electrons. The Hall–Kier alpha value is -2.40. The van der Waals surface area contributed by atoms with Gasteiger partial charge in [-0.05, 0) is 66.8 Å². The first-order valence-electron chi connectivity index (χ1n) is 9.43. The van der Waals surface area contributed by atoms with Crippen molar-refractivity contribution >= 4 is 11.6 Å². The van der Waals surface area contributed by atoms with E-state index >= 15 is 0 Å². The van der Waals surface area contributed by atoms with Crippen molar-refractivity contribution < 1.29 is 9.63 Å². The number of anilines is 1. The van der Waals surface area contributed by atoms with Crippen LogP contribution in [0.1, 0.15) is 41.6 Å².